The van der Waals surface area contributed by atoms with E-state index in [-0.39, 0.29) is 23.8 Å². The largest absolute Gasteiger partial charge is 0.375 e. The summed E-state index contributed by atoms with van der Waals surface area (Å²) in [4.78, 5) is 21.9. The van der Waals surface area contributed by atoms with E-state index in [9.17, 15) is 13.2 Å². The molecule has 0 bridgehead atoms. The molecule has 2 aliphatic heterocycles. The van der Waals surface area contributed by atoms with Gasteiger partial charge < -0.3 is 9.64 Å². The number of ether oxygens (including phenoxy) is 1. The van der Waals surface area contributed by atoms with Crippen molar-refractivity contribution < 1.29 is 17.9 Å². The Hall–Kier alpha value is -1.58. The van der Waals surface area contributed by atoms with E-state index in [2.05, 4.69) is 9.97 Å². The van der Waals surface area contributed by atoms with E-state index in [1.54, 1.807) is 11.0 Å². The molecule has 2 aliphatic rings. The first-order chi connectivity index (χ1) is 10.4. The summed E-state index contributed by atoms with van der Waals surface area (Å²) in [6.45, 7) is 1.98. The highest BCUT2D eigenvalue weighted by molar-refractivity contribution is 7.88. The van der Waals surface area contributed by atoms with Gasteiger partial charge in [0.15, 0.2) is 0 Å². The minimum atomic E-state index is -3.25. The van der Waals surface area contributed by atoms with Gasteiger partial charge in [0.05, 0.1) is 19.0 Å². The summed E-state index contributed by atoms with van der Waals surface area (Å²) in [6, 6.07) is 1.65. The zero-order valence-corrected chi connectivity index (χ0v) is 13.1. The average molecular weight is 326 g/mol. The summed E-state index contributed by atoms with van der Waals surface area (Å²) < 4.78 is 30.6. The second kappa shape index (κ2) is 5.90. The van der Waals surface area contributed by atoms with Crippen LogP contribution in [-0.4, -0.2) is 78.6 Å². The molecule has 22 heavy (non-hydrogen) atoms. The van der Waals surface area contributed by atoms with Crippen molar-refractivity contribution in [3.8, 4) is 0 Å². The normalized spacial score (nSPS) is 26.5. The van der Waals surface area contributed by atoms with Gasteiger partial charge in [-0.2, -0.15) is 4.31 Å². The van der Waals surface area contributed by atoms with Crippen molar-refractivity contribution in [3.05, 3.63) is 24.3 Å². The van der Waals surface area contributed by atoms with Gasteiger partial charge in [0.1, 0.15) is 0 Å². The van der Waals surface area contributed by atoms with Crippen molar-refractivity contribution in [2.45, 2.75) is 6.10 Å². The summed E-state index contributed by atoms with van der Waals surface area (Å²) in [7, 11) is -3.25. The van der Waals surface area contributed by atoms with Crippen LogP contribution >= 0.6 is 0 Å². The van der Waals surface area contributed by atoms with Crippen LogP contribution in [-0.2, 0) is 14.8 Å². The molecule has 0 aromatic carbocycles. The molecule has 0 aliphatic carbocycles. The molecule has 120 valence electrons. The first kappa shape index (κ1) is 15.3. The van der Waals surface area contributed by atoms with E-state index in [1.165, 1.54) is 23.0 Å². The summed E-state index contributed by atoms with van der Waals surface area (Å²) in [6.07, 6.45) is 4.11. The minimum absolute atomic E-state index is 0.0233. The van der Waals surface area contributed by atoms with Crippen molar-refractivity contribution >= 4 is 15.9 Å². The molecule has 1 amide bonds. The maximum Gasteiger partial charge on any atom is 0.291 e. The molecule has 0 saturated carbocycles. The fourth-order valence-corrected chi connectivity index (χ4v) is 3.75. The Balaban J connectivity index is 1.72. The van der Waals surface area contributed by atoms with Gasteiger partial charge in [-0.05, 0) is 6.07 Å². The maximum absolute atomic E-state index is 12.4. The van der Waals surface area contributed by atoms with Crippen LogP contribution in [0.5, 0.6) is 0 Å². The second-order valence-electron chi connectivity index (χ2n) is 5.57. The van der Waals surface area contributed by atoms with E-state index in [1.807, 2.05) is 0 Å². The Morgan fingerprint density at radius 2 is 2.00 bits per heavy atom. The van der Waals surface area contributed by atoms with E-state index in [4.69, 9.17) is 4.74 Å². The number of carbonyl (C=O) groups excluding carboxylic acids is 1. The van der Waals surface area contributed by atoms with Crippen LogP contribution in [0.3, 0.4) is 0 Å². The molecule has 2 atom stereocenters. The number of nitrogens with zero attached hydrogens (tertiary/aromatic N) is 4. The Morgan fingerprint density at radius 1 is 1.27 bits per heavy atom. The third-order valence-electron chi connectivity index (χ3n) is 4.01. The molecule has 0 unspecified atom stereocenters. The van der Waals surface area contributed by atoms with Gasteiger partial charge in [-0.15, -0.1) is 0 Å². The topological polar surface area (TPSA) is 92.7 Å². The van der Waals surface area contributed by atoms with Crippen molar-refractivity contribution in [3.63, 3.8) is 0 Å². The Kier molecular flexibility index (Phi) is 4.11. The van der Waals surface area contributed by atoms with Gasteiger partial charge in [0, 0.05) is 44.5 Å². The highest BCUT2D eigenvalue weighted by Crippen LogP contribution is 2.25. The molecule has 0 spiro atoms. The minimum Gasteiger partial charge on any atom is -0.375 e. The third kappa shape index (κ3) is 3.11. The SMILES string of the molecule is CS(=O)(=O)N1CCO[C@@H]2CN(C(=O)c3ncccn3)C[C@@H]2C1. The molecule has 1 aromatic rings. The summed E-state index contributed by atoms with van der Waals surface area (Å²) in [5.41, 5.74) is 0. The van der Waals surface area contributed by atoms with Crippen molar-refractivity contribution in [2.24, 2.45) is 5.92 Å². The highest BCUT2D eigenvalue weighted by Gasteiger charge is 2.40. The lowest BCUT2D eigenvalue weighted by atomic mass is 10.1. The molecule has 2 saturated heterocycles. The van der Waals surface area contributed by atoms with Gasteiger partial charge in [-0.25, -0.2) is 18.4 Å². The van der Waals surface area contributed by atoms with Crippen LogP contribution in [0.4, 0.5) is 0 Å². The smallest absolute Gasteiger partial charge is 0.291 e. The van der Waals surface area contributed by atoms with Crippen molar-refractivity contribution in [1.82, 2.24) is 19.2 Å². The van der Waals surface area contributed by atoms with Crippen LogP contribution in [0.1, 0.15) is 10.6 Å². The molecule has 9 heteroatoms. The molecule has 0 radical (unpaired) electrons. The Bertz CT molecular complexity index is 651. The number of aromatic nitrogens is 2. The third-order valence-corrected chi connectivity index (χ3v) is 5.27. The zero-order valence-electron chi connectivity index (χ0n) is 12.3. The fourth-order valence-electron chi connectivity index (χ4n) is 2.88. The molecule has 1 aromatic heterocycles. The number of hydrogen-bond acceptors (Lipinski definition) is 6. The average Bonchev–Trinajstić information content (AvgIpc) is 2.78. The van der Waals surface area contributed by atoms with Crippen LogP contribution in [0.2, 0.25) is 0 Å². The predicted octanol–water partition coefficient (Wildman–Crippen LogP) is -0.791. The second-order valence-corrected chi connectivity index (χ2v) is 7.56. The molecular weight excluding hydrogens is 308 g/mol. The lowest BCUT2D eigenvalue weighted by Crippen LogP contribution is -2.37. The number of likely N-dealkylation sites (tertiary alicyclic amines) is 1. The quantitative estimate of drug-likeness (QED) is 0.707. The Labute approximate surface area is 129 Å². The van der Waals surface area contributed by atoms with E-state index in [0.717, 1.165) is 0 Å². The van der Waals surface area contributed by atoms with Gasteiger partial charge in [0.2, 0.25) is 15.8 Å². The number of hydrogen-bond donors (Lipinski definition) is 0. The maximum atomic E-state index is 12.4. The molecular formula is C13H18N4O4S. The van der Waals surface area contributed by atoms with Crippen LogP contribution in [0.25, 0.3) is 0 Å². The summed E-state index contributed by atoms with van der Waals surface area (Å²) >= 11 is 0. The molecule has 2 fully saturated rings. The van der Waals surface area contributed by atoms with Gasteiger partial charge in [-0.3, -0.25) is 4.79 Å². The van der Waals surface area contributed by atoms with E-state index < -0.39 is 10.0 Å². The molecule has 0 N–H and O–H groups in total. The first-order valence-electron chi connectivity index (χ1n) is 7.08. The van der Waals surface area contributed by atoms with Gasteiger partial charge in [-0.1, -0.05) is 0 Å². The summed E-state index contributed by atoms with van der Waals surface area (Å²) in [5.74, 6) is -0.119. The standard InChI is InChI=1S/C13H18N4O4S/c1-22(19,20)17-5-6-21-11-9-16(7-10(11)8-17)13(18)12-14-3-2-4-15-12/h2-4,10-11H,5-9H2,1H3/t10-,11-/m1/s1. The number of fused-ring (bicyclic) bond motifs is 1. The molecule has 3 heterocycles. The van der Waals surface area contributed by atoms with E-state index >= 15 is 0 Å². The van der Waals surface area contributed by atoms with Crippen molar-refractivity contribution in [2.75, 3.05) is 39.0 Å². The lowest BCUT2D eigenvalue weighted by Gasteiger charge is -2.21. The number of rotatable bonds is 2. The highest BCUT2D eigenvalue weighted by atomic mass is 32.2. The first-order valence-corrected chi connectivity index (χ1v) is 8.93. The van der Waals surface area contributed by atoms with Crippen LogP contribution in [0, 0.1) is 5.92 Å². The Morgan fingerprint density at radius 3 is 2.68 bits per heavy atom. The predicted molar refractivity (Wildman–Crippen MR) is 77.6 cm³/mol. The van der Waals surface area contributed by atoms with Crippen LogP contribution in [0.15, 0.2) is 18.5 Å². The number of carbonyl (C=O) groups is 1. The number of sulfonamides is 1. The van der Waals surface area contributed by atoms with Gasteiger partial charge >= 0.3 is 0 Å². The van der Waals surface area contributed by atoms with Crippen molar-refractivity contribution in [1.29, 1.82) is 0 Å². The zero-order chi connectivity index (χ0) is 15.7. The fraction of sp³-hybridized carbons (Fsp3) is 0.615. The monoisotopic (exact) mass is 326 g/mol. The van der Waals surface area contributed by atoms with Gasteiger partial charge in [0.25, 0.3) is 5.91 Å². The lowest BCUT2D eigenvalue weighted by molar-refractivity contribution is 0.0489. The van der Waals surface area contributed by atoms with E-state index in [0.29, 0.717) is 32.8 Å². The molecule has 8 nitrogen and oxygen atoms in total. The van der Waals surface area contributed by atoms with Crippen LogP contribution < -0.4 is 0 Å². The summed E-state index contributed by atoms with van der Waals surface area (Å²) in [5, 5.41) is 0. The number of amides is 1. The molecule has 3 rings (SSSR count).